The number of rotatable bonds is 2. The van der Waals surface area contributed by atoms with Gasteiger partial charge < -0.3 is 4.74 Å². The molecule has 1 aromatic heterocycles. The van der Waals surface area contributed by atoms with E-state index in [0.29, 0.717) is 11.1 Å². The van der Waals surface area contributed by atoms with Crippen LogP contribution in [0.25, 0.3) is 5.57 Å². The number of esters is 1. The Kier molecular flexibility index (Phi) is 3.83. The van der Waals surface area contributed by atoms with Gasteiger partial charge in [-0.25, -0.2) is 4.79 Å². The summed E-state index contributed by atoms with van der Waals surface area (Å²) < 4.78 is 4.53. The summed E-state index contributed by atoms with van der Waals surface area (Å²) >= 11 is 5.50. The zero-order chi connectivity index (χ0) is 11.3. The third-order valence-corrected chi connectivity index (χ3v) is 1.91. The van der Waals surface area contributed by atoms with E-state index in [-0.39, 0.29) is 5.57 Å². The van der Waals surface area contributed by atoms with Crippen LogP contribution in [0.2, 0.25) is 0 Å². The van der Waals surface area contributed by atoms with Crippen LogP contribution in [0.1, 0.15) is 11.1 Å². The Labute approximate surface area is 91.8 Å². The molecule has 0 aliphatic heterocycles. The molecule has 1 aromatic rings. The molecule has 0 aromatic carbocycles. The van der Waals surface area contributed by atoms with Crippen LogP contribution in [0.15, 0.2) is 24.0 Å². The van der Waals surface area contributed by atoms with Gasteiger partial charge in [-0.2, -0.15) is 5.26 Å². The second-order valence-corrected chi connectivity index (χ2v) is 2.81. The van der Waals surface area contributed by atoms with E-state index in [4.69, 9.17) is 16.9 Å². The molecule has 76 valence electrons. The summed E-state index contributed by atoms with van der Waals surface area (Å²) in [7, 11) is 1.25. The van der Waals surface area contributed by atoms with Crippen LogP contribution >= 0.6 is 11.6 Å². The summed E-state index contributed by atoms with van der Waals surface area (Å²) in [5.41, 5.74) is 2.08. The van der Waals surface area contributed by atoms with E-state index >= 15 is 0 Å². The van der Waals surface area contributed by atoms with Crippen molar-refractivity contribution in [2.75, 3.05) is 7.11 Å². The van der Waals surface area contributed by atoms with Gasteiger partial charge >= 0.3 is 5.97 Å². The van der Waals surface area contributed by atoms with E-state index in [1.807, 2.05) is 6.07 Å². The Morgan fingerprint density at radius 1 is 1.67 bits per heavy atom. The molecule has 0 spiro atoms. The van der Waals surface area contributed by atoms with Gasteiger partial charge in [-0.05, 0) is 6.07 Å². The molecule has 0 bridgehead atoms. The molecule has 1 heterocycles. The zero-order valence-corrected chi connectivity index (χ0v) is 8.65. The Morgan fingerprint density at radius 3 is 2.93 bits per heavy atom. The van der Waals surface area contributed by atoms with E-state index in [1.165, 1.54) is 25.6 Å². The van der Waals surface area contributed by atoms with Crippen LogP contribution in [-0.4, -0.2) is 18.1 Å². The largest absolute Gasteiger partial charge is 0.465 e. The van der Waals surface area contributed by atoms with Crippen molar-refractivity contribution in [3.63, 3.8) is 0 Å². The first-order chi connectivity index (χ1) is 7.22. The number of aromatic nitrogens is 1. The maximum atomic E-state index is 11.3. The van der Waals surface area contributed by atoms with Crippen LogP contribution in [-0.2, 0) is 9.53 Å². The fraction of sp³-hybridized carbons (Fsp3) is 0.100. The number of nitrogens with zero attached hydrogens (tertiary/aromatic N) is 2. The zero-order valence-electron chi connectivity index (χ0n) is 7.90. The van der Waals surface area contributed by atoms with Crippen LogP contribution in [0.3, 0.4) is 0 Å². The summed E-state index contributed by atoms with van der Waals surface area (Å²) in [6, 6.07) is 3.43. The number of methoxy groups -OCH3 is 1. The van der Waals surface area contributed by atoms with Crippen molar-refractivity contribution in [1.82, 2.24) is 4.98 Å². The standard InChI is InChI=1S/C10H7ClN2O2/c1-15-10(14)9(3-11)8-2-7(4-12)5-13-6-8/h2-3,5-6H,1H3/b9-3+. The van der Waals surface area contributed by atoms with Gasteiger partial charge in [0.25, 0.3) is 0 Å². The number of ether oxygens (including phenoxy) is 1. The topological polar surface area (TPSA) is 63.0 Å². The van der Waals surface area contributed by atoms with Gasteiger partial charge in [-0.15, -0.1) is 0 Å². The van der Waals surface area contributed by atoms with E-state index in [2.05, 4.69) is 9.72 Å². The minimum Gasteiger partial charge on any atom is -0.465 e. The average Bonchev–Trinajstić information content (AvgIpc) is 2.30. The van der Waals surface area contributed by atoms with Crippen molar-refractivity contribution in [2.45, 2.75) is 0 Å². The lowest BCUT2D eigenvalue weighted by molar-refractivity contribution is -0.133. The van der Waals surface area contributed by atoms with E-state index in [0.717, 1.165) is 5.54 Å². The Hall–Kier alpha value is -1.86. The lowest BCUT2D eigenvalue weighted by atomic mass is 10.1. The number of carbonyl (C=O) groups excluding carboxylic acids is 1. The first kappa shape index (κ1) is 11.2. The highest BCUT2D eigenvalue weighted by Gasteiger charge is 2.12. The highest BCUT2D eigenvalue weighted by Crippen LogP contribution is 2.16. The SMILES string of the molecule is COC(=O)/C(=C/Cl)c1cncc(C#N)c1. The van der Waals surface area contributed by atoms with Gasteiger partial charge in [0, 0.05) is 23.5 Å². The maximum Gasteiger partial charge on any atom is 0.339 e. The quantitative estimate of drug-likeness (QED) is 0.565. The number of carbonyl (C=O) groups is 1. The maximum absolute atomic E-state index is 11.3. The van der Waals surface area contributed by atoms with Gasteiger partial charge in [0.15, 0.2) is 0 Å². The summed E-state index contributed by atoms with van der Waals surface area (Å²) in [6.07, 6.45) is 2.83. The minimum absolute atomic E-state index is 0.170. The predicted molar refractivity (Wildman–Crippen MR) is 54.8 cm³/mol. The summed E-state index contributed by atoms with van der Waals surface area (Å²) in [5, 5.41) is 8.65. The monoisotopic (exact) mass is 222 g/mol. The first-order valence-electron chi connectivity index (χ1n) is 3.97. The fourth-order valence-electron chi connectivity index (χ4n) is 0.984. The molecule has 0 unspecified atom stereocenters. The highest BCUT2D eigenvalue weighted by atomic mass is 35.5. The second-order valence-electron chi connectivity index (χ2n) is 2.59. The normalized spacial score (nSPS) is 10.6. The number of hydrogen-bond donors (Lipinski definition) is 0. The van der Waals surface area contributed by atoms with E-state index in [9.17, 15) is 4.79 Å². The molecule has 0 aliphatic carbocycles. The Bertz CT molecular complexity index is 449. The summed E-state index contributed by atoms with van der Waals surface area (Å²) in [5.74, 6) is -0.568. The van der Waals surface area contributed by atoms with E-state index in [1.54, 1.807) is 0 Å². The molecule has 5 heteroatoms. The molecule has 0 saturated carbocycles. The van der Waals surface area contributed by atoms with Gasteiger partial charge in [-0.1, -0.05) is 11.6 Å². The van der Waals surface area contributed by atoms with Crippen molar-refractivity contribution in [1.29, 1.82) is 5.26 Å². The summed E-state index contributed by atoms with van der Waals surface area (Å²) in [6.45, 7) is 0. The molecule has 0 amide bonds. The molecule has 0 N–H and O–H groups in total. The minimum atomic E-state index is -0.568. The highest BCUT2D eigenvalue weighted by molar-refractivity contribution is 6.34. The van der Waals surface area contributed by atoms with Gasteiger partial charge in [0.05, 0.1) is 18.2 Å². The molecule has 4 nitrogen and oxygen atoms in total. The van der Waals surface area contributed by atoms with Crippen molar-refractivity contribution < 1.29 is 9.53 Å². The van der Waals surface area contributed by atoms with Crippen LogP contribution in [0, 0.1) is 11.3 Å². The van der Waals surface area contributed by atoms with Crippen molar-refractivity contribution in [3.8, 4) is 6.07 Å². The van der Waals surface area contributed by atoms with Gasteiger partial charge in [-0.3, -0.25) is 4.98 Å². The first-order valence-corrected chi connectivity index (χ1v) is 4.40. The third-order valence-electron chi connectivity index (χ3n) is 1.69. The molecule has 0 atom stereocenters. The van der Waals surface area contributed by atoms with Crippen LogP contribution < -0.4 is 0 Å². The lowest BCUT2D eigenvalue weighted by Crippen LogP contribution is -2.03. The lowest BCUT2D eigenvalue weighted by Gasteiger charge is -2.03. The number of hydrogen-bond acceptors (Lipinski definition) is 4. The molecule has 0 aliphatic rings. The third kappa shape index (κ3) is 2.55. The number of halogens is 1. The smallest absolute Gasteiger partial charge is 0.339 e. The Balaban J connectivity index is 3.15. The van der Waals surface area contributed by atoms with Gasteiger partial charge in [0.1, 0.15) is 6.07 Å². The molecule has 0 saturated heterocycles. The molecule has 0 radical (unpaired) electrons. The van der Waals surface area contributed by atoms with Crippen molar-refractivity contribution >= 4 is 23.1 Å². The molecule has 0 fully saturated rings. The predicted octanol–water partition coefficient (Wildman–Crippen LogP) is 1.71. The molecular formula is C10H7ClN2O2. The molecule has 1 rings (SSSR count). The van der Waals surface area contributed by atoms with Crippen molar-refractivity contribution in [2.24, 2.45) is 0 Å². The molecular weight excluding hydrogens is 216 g/mol. The van der Waals surface area contributed by atoms with Crippen LogP contribution in [0.4, 0.5) is 0 Å². The number of nitriles is 1. The molecule has 15 heavy (non-hydrogen) atoms. The van der Waals surface area contributed by atoms with Gasteiger partial charge in [0.2, 0.25) is 0 Å². The second kappa shape index (κ2) is 5.13. The summed E-state index contributed by atoms with van der Waals surface area (Å²) in [4.78, 5) is 15.1. The van der Waals surface area contributed by atoms with Crippen LogP contribution in [0.5, 0.6) is 0 Å². The number of pyridine rings is 1. The Morgan fingerprint density at radius 2 is 2.40 bits per heavy atom. The van der Waals surface area contributed by atoms with Crippen molar-refractivity contribution in [3.05, 3.63) is 35.1 Å². The fourth-order valence-corrected chi connectivity index (χ4v) is 1.20. The van der Waals surface area contributed by atoms with E-state index < -0.39 is 5.97 Å². The average molecular weight is 223 g/mol.